The van der Waals surface area contributed by atoms with Crippen LogP contribution in [0.2, 0.25) is 5.02 Å². The first-order chi connectivity index (χ1) is 21.9. The number of esters is 1. The Balaban J connectivity index is 1.59. The molecule has 3 heterocycles. The number of nitrogens with zero attached hydrogens (tertiary/aromatic N) is 3. The van der Waals surface area contributed by atoms with Gasteiger partial charge in [0.15, 0.2) is 4.80 Å². The molecule has 9 heteroatoms. The molecule has 6 rings (SSSR count). The van der Waals surface area contributed by atoms with Crippen LogP contribution in [0.25, 0.3) is 17.0 Å². The first-order valence-corrected chi connectivity index (χ1v) is 16.2. The van der Waals surface area contributed by atoms with E-state index in [9.17, 15) is 9.59 Å². The number of methoxy groups -OCH3 is 1. The number of ether oxygens (including phenoxy) is 2. The highest BCUT2D eigenvalue weighted by Crippen LogP contribution is 2.37. The maximum Gasteiger partial charge on any atom is 0.338 e. The smallest absolute Gasteiger partial charge is 0.338 e. The first kappa shape index (κ1) is 30.6. The molecule has 0 bridgehead atoms. The molecule has 230 valence electrons. The van der Waals surface area contributed by atoms with E-state index in [-0.39, 0.29) is 12.2 Å². The van der Waals surface area contributed by atoms with E-state index in [4.69, 9.17) is 26.1 Å². The zero-order valence-corrected chi connectivity index (χ0v) is 27.2. The predicted octanol–water partition coefficient (Wildman–Crippen LogP) is 6.55. The molecule has 3 aromatic carbocycles. The Morgan fingerprint density at radius 3 is 2.53 bits per heavy atom. The fourth-order valence-corrected chi connectivity index (χ4v) is 7.28. The maximum absolute atomic E-state index is 14.4. The van der Waals surface area contributed by atoms with Gasteiger partial charge in [0.2, 0.25) is 0 Å². The van der Waals surface area contributed by atoms with Gasteiger partial charge in [-0.3, -0.25) is 9.36 Å². The van der Waals surface area contributed by atoms with Crippen molar-refractivity contribution in [3.8, 4) is 5.75 Å². The topological polar surface area (TPSA) is 74.8 Å². The zero-order valence-electron chi connectivity index (χ0n) is 25.7. The summed E-state index contributed by atoms with van der Waals surface area (Å²) in [7, 11) is 1.59. The number of carbonyl (C=O) groups excluding carboxylic acids is 1. The van der Waals surface area contributed by atoms with Crippen LogP contribution < -0.4 is 19.6 Å². The van der Waals surface area contributed by atoms with Gasteiger partial charge in [0, 0.05) is 39.3 Å². The molecule has 0 saturated heterocycles. The Morgan fingerprint density at radius 2 is 1.78 bits per heavy atom. The molecule has 0 N–H and O–H groups in total. The van der Waals surface area contributed by atoms with Crippen molar-refractivity contribution in [3.63, 3.8) is 0 Å². The van der Waals surface area contributed by atoms with Gasteiger partial charge in [0.1, 0.15) is 11.8 Å². The average Bonchev–Trinajstić information content (AvgIpc) is 3.50. The van der Waals surface area contributed by atoms with Crippen molar-refractivity contribution in [1.29, 1.82) is 0 Å². The molecule has 7 nitrogen and oxygen atoms in total. The van der Waals surface area contributed by atoms with E-state index in [0.717, 1.165) is 34.1 Å². The fourth-order valence-electron chi connectivity index (χ4n) is 6.08. The number of para-hydroxylation sites is 2. The number of benzene rings is 3. The van der Waals surface area contributed by atoms with Crippen LogP contribution in [0.5, 0.6) is 5.75 Å². The van der Waals surface area contributed by atoms with E-state index in [2.05, 4.69) is 23.6 Å². The van der Waals surface area contributed by atoms with Gasteiger partial charge in [0.25, 0.3) is 5.56 Å². The Kier molecular flexibility index (Phi) is 8.79. The quantitative estimate of drug-likeness (QED) is 0.171. The van der Waals surface area contributed by atoms with E-state index in [1.54, 1.807) is 18.6 Å². The van der Waals surface area contributed by atoms with Gasteiger partial charge in [-0.15, -0.1) is 0 Å². The Labute approximate surface area is 270 Å². The summed E-state index contributed by atoms with van der Waals surface area (Å²) in [6.07, 6.45) is 3.30. The lowest BCUT2D eigenvalue weighted by Gasteiger charge is -2.26. The lowest BCUT2D eigenvalue weighted by atomic mass is 9.93. The number of thiazole rings is 1. The predicted molar refractivity (Wildman–Crippen MR) is 180 cm³/mol. The monoisotopic (exact) mass is 639 g/mol. The SMILES string of the molecule is CCCC1=C(C(=O)OCC)[C@H](c2ccccc2OC)n2c(s/c(=C/c3c(C)n(Cc4ccccc4Cl)c4ccccc34)c2=O)=N1. The number of rotatable bonds is 9. The third kappa shape index (κ3) is 5.53. The summed E-state index contributed by atoms with van der Waals surface area (Å²) >= 11 is 7.88. The van der Waals surface area contributed by atoms with E-state index < -0.39 is 12.0 Å². The van der Waals surface area contributed by atoms with Crippen LogP contribution in [-0.4, -0.2) is 28.8 Å². The van der Waals surface area contributed by atoms with Crippen molar-refractivity contribution in [2.24, 2.45) is 4.99 Å². The third-order valence-corrected chi connectivity index (χ3v) is 9.52. The summed E-state index contributed by atoms with van der Waals surface area (Å²) in [5.74, 6) is 0.100. The van der Waals surface area contributed by atoms with Crippen LogP contribution in [0.3, 0.4) is 0 Å². The second-order valence-electron chi connectivity index (χ2n) is 10.8. The summed E-state index contributed by atoms with van der Waals surface area (Å²) in [5, 5.41) is 1.74. The van der Waals surface area contributed by atoms with E-state index >= 15 is 0 Å². The lowest BCUT2D eigenvalue weighted by molar-refractivity contribution is -0.139. The van der Waals surface area contributed by atoms with Crippen LogP contribution >= 0.6 is 22.9 Å². The molecule has 0 fully saturated rings. The van der Waals surface area contributed by atoms with Gasteiger partial charge >= 0.3 is 5.97 Å². The standard InChI is InChI=1S/C36H34ClN3O4S/c1-5-13-28-32(35(42)44-6-2)33(25-16-9-12-19-30(25)43-4)40-34(41)31(45-36(40)38-28)20-26-22(3)39(29-18-11-8-15-24(26)29)21-23-14-7-10-17-27(23)37/h7-12,14-20,33H,5-6,13,21H2,1-4H3/b31-20+/t33-/m0/s1. The van der Waals surface area contributed by atoms with Gasteiger partial charge in [-0.1, -0.05) is 90.9 Å². The van der Waals surface area contributed by atoms with Crippen LogP contribution in [0.1, 0.15) is 55.1 Å². The van der Waals surface area contributed by atoms with Gasteiger partial charge in [-0.25, -0.2) is 9.79 Å². The van der Waals surface area contributed by atoms with Crippen molar-refractivity contribution in [2.75, 3.05) is 13.7 Å². The maximum atomic E-state index is 14.4. The molecular formula is C36H34ClN3O4S. The van der Waals surface area contributed by atoms with E-state index in [0.29, 0.717) is 49.9 Å². The molecule has 0 amide bonds. The number of carbonyl (C=O) groups is 1. The van der Waals surface area contributed by atoms with Crippen LogP contribution in [0, 0.1) is 6.92 Å². The fraction of sp³-hybridized carbons (Fsp3) is 0.250. The number of hydrogen-bond acceptors (Lipinski definition) is 6. The minimum absolute atomic E-state index is 0.211. The number of aromatic nitrogens is 2. The normalized spacial score (nSPS) is 14.9. The molecule has 1 aliphatic rings. The zero-order chi connectivity index (χ0) is 31.7. The van der Waals surface area contributed by atoms with Gasteiger partial charge in [-0.2, -0.15) is 0 Å². The molecule has 0 aliphatic carbocycles. The number of allylic oxidation sites excluding steroid dienone is 1. The van der Waals surface area contributed by atoms with Crippen LogP contribution in [0.4, 0.5) is 0 Å². The number of hydrogen-bond donors (Lipinski definition) is 0. The molecule has 45 heavy (non-hydrogen) atoms. The summed E-state index contributed by atoms with van der Waals surface area (Å²) in [4.78, 5) is 33.4. The summed E-state index contributed by atoms with van der Waals surface area (Å²) in [6, 6.07) is 22.8. The number of fused-ring (bicyclic) bond motifs is 2. The summed E-state index contributed by atoms with van der Waals surface area (Å²) < 4.78 is 15.6. The molecule has 0 saturated carbocycles. The van der Waals surface area contributed by atoms with Crippen molar-refractivity contribution in [1.82, 2.24) is 9.13 Å². The van der Waals surface area contributed by atoms with Crippen molar-refractivity contribution >= 4 is 45.9 Å². The average molecular weight is 640 g/mol. The molecule has 0 spiro atoms. The summed E-state index contributed by atoms with van der Waals surface area (Å²) in [5.41, 5.74) is 5.51. The van der Waals surface area contributed by atoms with Gasteiger partial charge in [0.05, 0.1) is 29.5 Å². The molecule has 1 aliphatic heterocycles. The third-order valence-electron chi connectivity index (χ3n) is 8.17. The second-order valence-corrected chi connectivity index (χ2v) is 12.3. The van der Waals surface area contributed by atoms with Crippen LogP contribution in [0.15, 0.2) is 93.9 Å². The Morgan fingerprint density at radius 1 is 1.04 bits per heavy atom. The van der Waals surface area contributed by atoms with Crippen molar-refractivity contribution in [3.05, 3.63) is 131 Å². The highest BCUT2D eigenvalue weighted by Gasteiger charge is 2.36. The largest absolute Gasteiger partial charge is 0.496 e. The van der Waals surface area contributed by atoms with Crippen molar-refractivity contribution < 1.29 is 14.3 Å². The van der Waals surface area contributed by atoms with Gasteiger partial charge in [-0.05, 0) is 50.1 Å². The molecular weight excluding hydrogens is 606 g/mol. The van der Waals surface area contributed by atoms with Crippen LogP contribution in [-0.2, 0) is 16.1 Å². The molecule has 1 atom stereocenters. The highest BCUT2D eigenvalue weighted by atomic mass is 35.5. The van der Waals surface area contributed by atoms with Crippen molar-refractivity contribution in [2.45, 2.75) is 46.2 Å². The minimum atomic E-state index is -0.747. The number of halogens is 1. The molecule has 0 radical (unpaired) electrons. The second kappa shape index (κ2) is 12.9. The molecule has 2 aromatic heterocycles. The first-order valence-electron chi connectivity index (χ1n) is 15.0. The van der Waals surface area contributed by atoms with E-state index in [1.165, 1.54) is 11.3 Å². The Hall–Kier alpha value is -4.40. The Bertz CT molecular complexity index is 2140. The van der Waals surface area contributed by atoms with E-state index in [1.807, 2.05) is 73.7 Å². The lowest BCUT2D eigenvalue weighted by Crippen LogP contribution is -2.40. The van der Waals surface area contributed by atoms with Gasteiger partial charge < -0.3 is 14.0 Å². The summed E-state index contributed by atoms with van der Waals surface area (Å²) in [6.45, 7) is 6.69. The minimum Gasteiger partial charge on any atom is -0.496 e. The highest BCUT2D eigenvalue weighted by molar-refractivity contribution is 7.07. The molecule has 0 unspecified atom stereocenters. The molecule has 5 aromatic rings.